The fourth-order valence-electron chi connectivity index (χ4n) is 5.59. The van der Waals surface area contributed by atoms with Crippen LogP contribution in [0.15, 0.2) is 72.9 Å². The minimum atomic E-state index is -0.248. The van der Waals surface area contributed by atoms with Crippen molar-refractivity contribution in [2.24, 2.45) is 5.73 Å². The number of para-hydroxylation sites is 1. The fourth-order valence-corrected chi connectivity index (χ4v) is 5.59. The molecule has 6 nitrogen and oxygen atoms in total. The highest BCUT2D eigenvalue weighted by molar-refractivity contribution is 5.95. The van der Waals surface area contributed by atoms with Crippen LogP contribution in [0.25, 0.3) is 27.9 Å². The quantitative estimate of drug-likeness (QED) is 0.354. The molecule has 6 rings (SSSR count). The van der Waals surface area contributed by atoms with Crippen molar-refractivity contribution < 1.29 is 9.18 Å². The molecule has 2 N–H and O–H groups in total. The first-order valence-corrected chi connectivity index (χ1v) is 12.8. The zero-order chi connectivity index (χ0) is 25.7. The van der Waals surface area contributed by atoms with Gasteiger partial charge in [0.05, 0.1) is 11.7 Å². The van der Waals surface area contributed by atoms with Crippen LogP contribution in [0.3, 0.4) is 0 Å². The Balaban J connectivity index is 1.45. The summed E-state index contributed by atoms with van der Waals surface area (Å²) < 4.78 is 17.9. The maximum atomic E-state index is 13.6. The summed E-state index contributed by atoms with van der Waals surface area (Å²) in [7, 11) is 0. The smallest absolute Gasteiger partial charge is 0.254 e. The number of rotatable bonds is 4. The van der Waals surface area contributed by atoms with Gasteiger partial charge in [-0.25, -0.2) is 9.37 Å². The molecular formula is C30H30FN5O. The molecule has 0 radical (unpaired) electrons. The standard InChI is InChI=1S/C30H30FN5O/c1-19(21-9-11-24(31)12-10-21)36-26-8-4-3-6-22(26)16-27(36)29-20(2)35-15-13-23(17-28(35)33-29)30(37)34-14-5-7-25(32)18-34/h3-4,6,8-13,15-17,19,25H,5,7,14,18,32H2,1-2H3/t19?,25-/m1/s1. The lowest BCUT2D eigenvalue weighted by Crippen LogP contribution is -2.45. The van der Waals surface area contributed by atoms with Crippen molar-refractivity contribution in [1.82, 2.24) is 18.9 Å². The Morgan fingerprint density at radius 3 is 2.68 bits per heavy atom. The van der Waals surface area contributed by atoms with E-state index in [0.29, 0.717) is 12.1 Å². The second-order valence-electron chi connectivity index (χ2n) is 10.0. The number of likely N-dealkylation sites (tertiary alicyclic amines) is 1. The number of pyridine rings is 1. The highest BCUT2D eigenvalue weighted by atomic mass is 19.1. The molecule has 1 amide bonds. The maximum absolute atomic E-state index is 13.6. The number of halogens is 1. The van der Waals surface area contributed by atoms with Gasteiger partial charge in [0.15, 0.2) is 0 Å². The number of imidazole rings is 1. The van der Waals surface area contributed by atoms with E-state index in [1.54, 1.807) is 0 Å². The molecule has 7 heteroatoms. The first kappa shape index (κ1) is 23.4. The number of hydrogen-bond acceptors (Lipinski definition) is 3. The largest absolute Gasteiger partial charge is 0.337 e. The van der Waals surface area contributed by atoms with E-state index < -0.39 is 0 Å². The Kier molecular flexibility index (Phi) is 5.80. The lowest BCUT2D eigenvalue weighted by molar-refractivity contribution is 0.0709. The molecule has 188 valence electrons. The van der Waals surface area contributed by atoms with Crippen LogP contribution in [0.5, 0.6) is 0 Å². The number of fused-ring (bicyclic) bond motifs is 2. The van der Waals surface area contributed by atoms with Gasteiger partial charge in [-0.3, -0.25) is 4.79 Å². The van der Waals surface area contributed by atoms with Crippen molar-refractivity contribution in [3.8, 4) is 11.4 Å². The molecule has 1 fully saturated rings. The van der Waals surface area contributed by atoms with Gasteiger partial charge < -0.3 is 19.6 Å². The van der Waals surface area contributed by atoms with Crippen LogP contribution < -0.4 is 5.73 Å². The highest BCUT2D eigenvalue weighted by Crippen LogP contribution is 2.35. The summed E-state index contributed by atoms with van der Waals surface area (Å²) in [5, 5.41) is 1.11. The van der Waals surface area contributed by atoms with E-state index in [2.05, 4.69) is 29.7 Å². The van der Waals surface area contributed by atoms with E-state index in [1.807, 2.05) is 58.8 Å². The zero-order valence-corrected chi connectivity index (χ0v) is 21.1. The molecule has 5 aromatic rings. The van der Waals surface area contributed by atoms with Crippen molar-refractivity contribution in [3.63, 3.8) is 0 Å². The van der Waals surface area contributed by atoms with Crippen LogP contribution in [-0.4, -0.2) is 43.9 Å². The lowest BCUT2D eigenvalue weighted by Gasteiger charge is -2.30. The van der Waals surface area contributed by atoms with Crippen LogP contribution in [0.1, 0.15) is 47.4 Å². The Morgan fingerprint density at radius 2 is 1.89 bits per heavy atom. The second-order valence-corrected chi connectivity index (χ2v) is 10.0. The van der Waals surface area contributed by atoms with Gasteiger partial charge in [-0.05, 0) is 68.7 Å². The van der Waals surface area contributed by atoms with Gasteiger partial charge in [0, 0.05) is 47.5 Å². The van der Waals surface area contributed by atoms with Gasteiger partial charge >= 0.3 is 0 Å². The molecule has 2 atom stereocenters. The van der Waals surface area contributed by atoms with E-state index >= 15 is 0 Å². The maximum Gasteiger partial charge on any atom is 0.254 e. The average molecular weight is 496 g/mol. The number of aryl methyl sites for hydroxylation is 1. The number of carbonyl (C=O) groups is 1. The van der Waals surface area contributed by atoms with Gasteiger partial charge in [0.25, 0.3) is 5.91 Å². The first-order valence-electron chi connectivity index (χ1n) is 12.8. The number of hydrogen-bond donors (Lipinski definition) is 1. The minimum absolute atomic E-state index is 0.00102. The fraction of sp³-hybridized carbons (Fsp3) is 0.267. The molecule has 1 aliphatic rings. The van der Waals surface area contributed by atoms with Crippen molar-refractivity contribution in [2.75, 3.05) is 13.1 Å². The lowest BCUT2D eigenvalue weighted by atomic mass is 10.1. The monoisotopic (exact) mass is 495 g/mol. The van der Waals surface area contributed by atoms with E-state index in [4.69, 9.17) is 10.7 Å². The van der Waals surface area contributed by atoms with E-state index in [0.717, 1.165) is 58.6 Å². The molecule has 0 saturated carbocycles. The molecule has 37 heavy (non-hydrogen) atoms. The number of nitrogens with zero attached hydrogens (tertiary/aromatic N) is 4. The minimum Gasteiger partial charge on any atom is -0.337 e. The van der Waals surface area contributed by atoms with Crippen molar-refractivity contribution in [1.29, 1.82) is 0 Å². The normalized spacial score (nSPS) is 17.0. The summed E-state index contributed by atoms with van der Waals surface area (Å²) in [5.41, 5.74) is 12.4. The topological polar surface area (TPSA) is 68.6 Å². The molecular weight excluding hydrogens is 465 g/mol. The predicted octanol–water partition coefficient (Wildman–Crippen LogP) is 5.58. The predicted molar refractivity (Wildman–Crippen MR) is 144 cm³/mol. The third kappa shape index (κ3) is 4.09. The Labute approximate surface area is 215 Å². The van der Waals surface area contributed by atoms with Gasteiger partial charge in [0.1, 0.15) is 17.2 Å². The summed E-state index contributed by atoms with van der Waals surface area (Å²) >= 11 is 0. The van der Waals surface area contributed by atoms with Crippen molar-refractivity contribution >= 4 is 22.5 Å². The molecule has 2 aromatic carbocycles. The summed E-state index contributed by atoms with van der Waals surface area (Å²) in [6, 6.07) is 20.8. The number of nitrogens with two attached hydrogens (primary N) is 1. The molecule has 4 heterocycles. The first-order chi connectivity index (χ1) is 17.9. The molecule has 0 aliphatic carbocycles. The molecule has 1 saturated heterocycles. The summed E-state index contributed by atoms with van der Waals surface area (Å²) in [5.74, 6) is -0.250. The van der Waals surface area contributed by atoms with Crippen LogP contribution in [0.2, 0.25) is 0 Å². The second kappa shape index (κ2) is 9.16. The van der Waals surface area contributed by atoms with E-state index in [9.17, 15) is 9.18 Å². The molecule has 1 aliphatic heterocycles. The number of piperidine rings is 1. The van der Waals surface area contributed by atoms with Crippen molar-refractivity contribution in [3.05, 3.63) is 95.6 Å². The van der Waals surface area contributed by atoms with Gasteiger partial charge in [-0.1, -0.05) is 30.3 Å². The summed E-state index contributed by atoms with van der Waals surface area (Å²) in [6.07, 6.45) is 3.81. The molecule has 1 unspecified atom stereocenters. The van der Waals surface area contributed by atoms with E-state index in [1.165, 1.54) is 12.1 Å². The molecule has 0 bridgehead atoms. The average Bonchev–Trinajstić information content (AvgIpc) is 3.45. The SMILES string of the molecule is Cc1c(-c2cc3ccccc3n2C(C)c2ccc(F)cc2)nc2cc(C(=O)N3CCC[C@@H](N)C3)ccn12. The van der Waals surface area contributed by atoms with E-state index in [-0.39, 0.29) is 23.8 Å². The number of amides is 1. The summed E-state index contributed by atoms with van der Waals surface area (Å²) in [4.78, 5) is 20.1. The zero-order valence-electron chi connectivity index (χ0n) is 21.1. The van der Waals surface area contributed by atoms with Gasteiger partial charge in [-0.15, -0.1) is 0 Å². The van der Waals surface area contributed by atoms with Crippen LogP contribution >= 0.6 is 0 Å². The Hall–Kier alpha value is -3.97. The number of aromatic nitrogens is 3. The van der Waals surface area contributed by atoms with Crippen LogP contribution in [0, 0.1) is 12.7 Å². The third-order valence-electron chi connectivity index (χ3n) is 7.59. The number of carbonyl (C=O) groups excluding carboxylic acids is 1. The van der Waals surface area contributed by atoms with Crippen molar-refractivity contribution in [2.45, 2.75) is 38.8 Å². The summed E-state index contributed by atoms with van der Waals surface area (Å²) in [6.45, 7) is 5.49. The third-order valence-corrected chi connectivity index (χ3v) is 7.59. The highest BCUT2D eigenvalue weighted by Gasteiger charge is 2.24. The van der Waals surface area contributed by atoms with Gasteiger partial charge in [-0.2, -0.15) is 0 Å². The van der Waals surface area contributed by atoms with Gasteiger partial charge in [0.2, 0.25) is 0 Å². The molecule has 3 aromatic heterocycles. The van der Waals surface area contributed by atoms with Crippen LogP contribution in [-0.2, 0) is 0 Å². The Bertz CT molecular complexity index is 1620. The Morgan fingerprint density at radius 1 is 1.11 bits per heavy atom. The number of benzene rings is 2. The molecule has 0 spiro atoms. The van der Waals surface area contributed by atoms with Crippen LogP contribution in [0.4, 0.5) is 4.39 Å².